The lowest BCUT2D eigenvalue weighted by Crippen LogP contribution is -2.04. The molecule has 0 aliphatic rings. The molecule has 0 aliphatic carbocycles. The molecule has 0 saturated carbocycles. The Labute approximate surface area is 95.9 Å². The van der Waals surface area contributed by atoms with E-state index in [4.69, 9.17) is 10.8 Å². The van der Waals surface area contributed by atoms with Crippen LogP contribution < -0.4 is 5.73 Å². The van der Waals surface area contributed by atoms with Crippen LogP contribution in [0.5, 0.6) is 0 Å². The third kappa shape index (κ3) is 3.76. The number of rotatable bonds is 5. The van der Waals surface area contributed by atoms with E-state index in [-0.39, 0.29) is 6.61 Å². The van der Waals surface area contributed by atoms with E-state index in [9.17, 15) is 0 Å². The zero-order chi connectivity index (χ0) is 11.3. The molecule has 1 atom stereocenters. The summed E-state index contributed by atoms with van der Waals surface area (Å²) in [4.78, 5) is 0. The first-order chi connectivity index (χ1) is 7.15. The number of hydrogen-bond donors (Lipinski definition) is 2. The molecule has 84 valence electrons. The van der Waals surface area contributed by atoms with Crippen LogP contribution >= 0.6 is 11.8 Å². The molecule has 1 aromatic carbocycles. The zero-order valence-corrected chi connectivity index (χ0v) is 10.2. The van der Waals surface area contributed by atoms with Gasteiger partial charge in [-0.3, -0.25) is 0 Å². The number of hydrogen-bond acceptors (Lipinski definition) is 3. The molecule has 2 nitrogen and oxygen atoms in total. The zero-order valence-electron chi connectivity index (χ0n) is 9.36. The molecular formula is C12H19NOS. The van der Waals surface area contributed by atoms with E-state index >= 15 is 0 Å². The van der Waals surface area contributed by atoms with Gasteiger partial charge >= 0.3 is 0 Å². The minimum Gasteiger partial charge on any atom is -0.399 e. The maximum Gasteiger partial charge on any atom is 0.0464 e. The highest BCUT2D eigenvalue weighted by molar-refractivity contribution is 7.98. The smallest absolute Gasteiger partial charge is 0.0464 e. The van der Waals surface area contributed by atoms with Crippen LogP contribution in [0.4, 0.5) is 5.69 Å². The van der Waals surface area contributed by atoms with E-state index < -0.39 is 0 Å². The van der Waals surface area contributed by atoms with Crippen molar-refractivity contribution < 1.29 is 5.11 Å². The SMILES string of the molecule is Cc1c(N)cccc1CSCC(C)CO. The Bertz CT molecular complexity index is 314. The lowest BCUT2D eigenvalue weighted by molar-refractivity contribution is 0.250. The number of anilines is 1. The lowest BCUT2D eigenvalue weighted by Gasteiger charge is -2.10. The third-order valence-electron chi connectivity index (χ3n) is 2.46. The molecule has 1 rings (SSSR count). The van der Waals surface area contributed by atoms with Gasteiger partial charge in [0.2, 0.25) is 0 Å². The third-order valence-corrected chi connectivity index (χ3v) is 3.78. The van der Waals surface area contributed by atoms with Gasteiger partial charge in [-0.1, -0.05) is 19.1 Å². The van der Waals surface area contributed by atoms with Crippen LogP contribution in [-0.2, 0) is 5.75 Å². The number of nitrogens with two attached hydrogens (primary N) is 1. The summed E-state index contributed by atoms with van der Waals surface area (Å²) in [5.41, 5.74) is 9.17. The maximum absolute atomic E-state index is 8.90. The van der Waals surface area contributed by atoms with Gasteiger partial charge in [0.15, 0.2) is 0 Å². The predicted octanol–water partition coefficient (Wildman–Crippen LogP) is 2.44. The van der Waals surface area contributed by atoms with Crippen molar-refractivity contribution in [3.63, 3.8) is 0 Å². The normalized spacial score (nSPS) is 12.7. The molecule has 0 fully saturated rings. The van der Waals surface area contributed by atoms with Gasteiger partial charge in [-0.15, -0.1) is 0 Å². The molecule has 0 heterocycles. The number of aliphatic hydroxyl groups is 1. The first-order valence-electron chi connectivity index (χ1n) is 5.17. The van der Waals surface area contributed by atoms with Crippen LogP contribution in [0.2, 0.25) is 0 Å². The molecule has 3 heteroatoms. The van der Waals surface area contributed by atoms with Crippen molar-refractivity contribution in [3.8, 4) is 0 Å². The highest BCUT2D eigenvalue weighted by Gasteiger charge is 2.03. The Hall–Kier alpha value is -0.670. The van der Waals surface area contributed by atoms with Crippen molar-refractivity contribution in [2.45, 2.75) is 19.6 Å². The Balaban J connectivity index is 2.47. The molecular weight excluding hydrogens is 206 g/mol. The molecule has 1 aromatic rings. The summed E-state index contributed by atoms with van der Waals surface area (Å²) in [6.45, 7) is 4.38. The molecule has 0 radical (unpaired) electrons. The monoisotopic (exact) mass is 225 g/mol. The van der Waals surface area contributed by atoms with Crippen LogP contribution in [0, 0.1) is 12.8 Å². The number of benzene rings is 1. The van der Waals surface area contributed by atoms with Crippen LogP contribution in [0.1, 0.15) is 18.1 Å². The fourth-order valence-electron chi connectivity index (χ4n) is 1.28. The van der Waals surface area contributed by atoms with E-state index in [1.807, 2.05) is 23.9 Å². The number of nitrogen functional groups attached to an aromatic ring is 1. The maximum atomic E-state index is 8.90. The molecule has 0 saturated heterocycles. The number of aliphatic hydroxyl groups excluding tert-OH is 1. The van der Waals surface area contributed by atoms with Gasteiger partial charge in [0.25, 0.3) is 0 Å². The summed E-state index contributed by atoms with van der Waals surface area (Å²) in [5.74, 6) is 2.34. The van der Waals surface area contributed by atoms with Crippen LogP contribution in [0.3, 0.4) is 0 Å². The standard InChI is InChI=1S/C12H19NOS/c1-9(6-14)7-15-8-11-4-3-5-12(13)10(11)2/h3-5,9,14H,6-8,13H2,1-2H3. The Morgan fingerprint density at radius 1 is 1.47 bits per heavy atom. The largest absolute Gasteiger partial charge is 0.399 e. The van der Waals surface area contributed by atoms with Crippen molar-refractivity contribution >= 4 is 17.4 Å². The van der Waals surface area contributed by atoms with Gasteiger partial charge in [0.05, 0.1) is 0 Å². The summed E-state index contributed by atoms with van der Waals surface area (Å²) >= 11 is 1.85. The molecule has 0 spiro atoms. The van der Waals surface area contributed by atoms with E-state index in [1.54, 1.807) is 0 Å². The molecule has 0 amide bonds. The van der Waals surface area contributed by atoms with E-state index in [1.165, 1.54) is 11.1 Å². The fraction of sp³-hybridized carbons (Fsp3) is 0.500. The Morgan fingerprint density at radius 2 is 2.20 bits per heavy atom. The van der Waals surface area contributed by atoms with Crippen molar-refractivity contribution in [2.24, 2.45) is 5.92 Å². The van der Waals surface area contributed by atoms with Gasteiger partial charge in [0, 0.05) is 18.0 Å². The average Bonchev–Trinajstić information content (AvgIpc) is 2.24. The summed E-state index contributed by atoms with van der Waals surface area (Å²) in [7, 11) is 0. The van der Waals surface area contributed by atoms with Crippen LogP contribution in [0.25, 0.3) is 0 Å². The number of thioether (sulfide) groups is 1. The minimum absolute atomic E-state index is 0.267. The summed E-state index contributed by atoms with van der Waals surface area (Å²) in [6, 6.07) is 6.04. The summed E-state index contributed by atoms with van der Waals surface area (Å²) in [6.07, 6.45) is 0. The lowest BCUT2D eigenvalue weighted by atomic mass is 10.1. The van der Waals surface area contributed by atoms with Crippen LogP contribution in [0.15, 0.2) is 18.2 Å². The molecule has 15 heavy (non-hydrogen) atoms. The van der Waals surface area contributed by atoms with Gasteiger partial charge in [-0.2, -0.15) is 11.8 Å². The van der Waals surface area contributed by atoms with E-state index in [2.05, 4.69) is 19.9 Å². The second-order valence-electron chi connectivity index (χ2n) is 3.93. The first-order valence-corrected chi connectivity index (χ1v) is 6.33. The van der Waals surface area contributed by atoms with Gasteiger partial charge in [-0.05, 0) is 35.8 Å². The van der Waals surface area contributed by atoms with Gasteiger partial charge in [0.1, 0.15) is 0 Å². The Kier molecular flexibility index (Phi) is 4.99. The second kappa shape index (κ2) is 6.03. The molecule has 1 unspecified atom stereocenters. The summed E-state index contributed by atoms with van der Waals surface area (Å²) < 4.78 is 0. The van der Waals surface area contributed by atoms with Gasteiger partial charge in [-0.25, -0.2) is 0 Å². The fourth-order valence-corrected chi connectivity index (χ4v) is 2.44. The first kappa shape index (κ1) is 12.4. The van der Waals surface area contributed by atoms with Crippen molar-refractivity contribution in [1.29, 1.82) is 0 Å². The average molecular weight is 225 g/mol. The topological polar surface area (TPSA) is 46.2 Å². The van der Waals surface area contributed by atoms with Crippen molar-refractivity contribution in [2.75, 3.05) is 18.1 Å². The van der Waals surface area contributed by atoms with E-state index in [0.717, 1.165) is 17.2 Å². The molecule has 0 aromatic heterocycles. The van der Waals surface area contributed by atoms with Crippen LogP contribution in [-0.4, -0.2) is 17.5 Å². The highest BCUT2D eigenvalue weighted by Crippen LogP contribution is 2.21. The highest BCUT2D eigenvalue weighted by atomic mass is 32.2. The van der Waals surface area contributed by atoms with Crippen molar-refractivity contribution in [1.82, 2.24) is 0 Å². The van der Waals surface area contributed by atoms with Gasteiger partial charge < -0.3 is 10.8 Å². The molecule has 0 aliphatic heterocycles. The summed E-state index contributed by atoms with van der Waals surface area (Å²) in [5, 5.41) is 8.90. The molecule has 3 N–H and O–H groups in total. The Morgan fingerprint density at radius 3 is 2.87 bits per heavy atom. The second-order valence-corrected chi connectivity index (χ2v) is 4.96. The molecule has 0 bridgehead atoms. The predicted molar refractivity (Wildman–Crippen MR) is 68.0 cm³/mol. The van der Waals surface area contributed by atoms with E-state index in [0.29, 0.717) is 5.92 Å². The quantitative estimate of drug-likeness (QED) is 0.757. The minimum atomic E-state index is 0.267. The van der Waals surface area contributed by atoms with Crippen molar-refractivity contribution in [3.05, 3.63) is 29.3 Å².